The van der Waals surface area contributed by atoms with Crippen LogP contribution in [0.2, 0.25) is 0 Å². The largest absolute Gasteiger partial charge is 0.325 e. The highest BCUT2D eigenvalue weighted by atomic mass is 15.4. The van der Waals surface area contributed by atoms with Gasteiger partial charge in [0.15, 0.2) is 0 Å². The van der Waals surface area contributed by atoms with E-state index in [2.05, 4.69) is 21.6 Å². The summed E-state index contributed by atoms with van der Waals surface area (Å²) in [6, 6.07) is 2.54. The summed E-state index contributed by atoms with van der Waals surface area (Å²) in [6.07, 6.45) is 1.83. The van der Waals surface area contributed by atoms with E-state index in [1.807, 2.05) is 12.3 Å². The van der Waals surface area contributed by atoms with E-state index in [0.717, 1.165) is 25.3 Å². The van der Waals surface area contributed by atoms with Crippen molar-refractivity contribution in [3.63, 3.8) is 0 Å². The molecule has 0 aliphatic carbocycles. The molecule has 0 radical (unpaired) electrons. The Balaban J connectivity index is 2.02. The van der Waals surface area contributed by atoms with Crippen LogP contribution in [0, 0.1) is 0 Å². The average molecular weight is 180 g/mol. The van der Waals surface area contributed by atoms with Crippen molar-refractivity contribution in [2.45, 2.75) is 19.5 Å². The standard InChI is InChI=1S/C9H16N4/c1-2-12-6-9(7-12)13-8(5-10)3-4-11-13/h3-4,9H,2,5-7,10H2,1H3. The summed E-state index contributed by atoms with van der Waals surface area (Å²) in [5.41, 5.74) is 6.74. The van der Waals surface area contributed by atoms with Crippen molar-refractivity contribution in [1.29, 1.82) is 0 Å². The second-order valence-corrected chi connectivity index (χ2v) is 3.48. The minimum absolute atomic E-state index is 0.550. The molecule has 0 aromatic carbocycles. The number of likely N-dealkylation sites (tertiary alicyclic amines) is 1. The zero-order chi connectivity index (χ0) is 9.26. The van der Waals surface area contributed by atoms with E-state index in [9.17, 15) is 0 Å². The molecular formula is C9H16N4. The fourth-order valence-electron chi connectivity index (χ4n) is 1.79. The second kappa shape index (κ2) is 3.47. The zero-order valence-electron chi connectivity index (χ0n) is 7.98. The summed E-state index contributed by atoms with van der Waals surface area (Å²) in [7, 11) is 0. The molecule has 13 heavy (non-hydrogen) atoms. The van der Waals surface area contributed by atoms with Gasteiger partial charge in [0.25, 0.3) is 0 Å². The van der Waals surface area contributed by atoms with Crippen LogP contribution in [0.25, 0.3) is 0 Å². The summed E-state index contributed by atoms with van der Waals surface area (Å²) < 4.78 is 2.06. The van der Waals surface area contributed by atoms with Gasteiger partial charge in [-0.05, 0) is 12.6 Å². The van der Waals surface area contributed by atoms with Gasteiger partial charge in [0.1, 0.15) is 0 Å². The molecule has 4 nitrogen and oxygen atoms in total. The van der Waals surface area contributed by atoms with Crippen LogP contribution in [0.3, 0.4) is 0 Å². The second-order valence-electron chi connectivity index (χ2n) is 3.48. The molecule has 4 heteroatoms. The Bertz CT molecular complexity index is 275. The van der Waals surface area contributed by atoms with Crippen LogP contribution in [0.5, 0.6) is 0 Å². The third-order valence-corrected chi connectivity index (χ3v) is 2.69. The third kappa shape index (κ3) is 1.47. The Labute approximate surface area is 78.3 Å². The summed E-state index contributed by atoms with van der Waals surface area (Å²) in [6.45, 7) is 6.14. The van der Waals surface area contributed by atoms with Crippen LogP contribution >= 0.6 is 0 Å². The van der Waals surface area contributed by atoms with Gasteiger partial charge in [-0.25, -0.2) is 0 Å². The molecule has 1 saturated heterocycles. The van der Waals surface area contributed by atoms with Crippen LogP contribution in [0.1, 0.15) is 18.7 Å². The smallest absolute Gasteiger partial charge is 0.0776 e. The van der Waals surface area contributed by atoms with E-state index in [0.29, 0.717) is 12.6 Å². The van der Waals surface area contributed by atoms with Crippen molar-refractivity contribution in [3.8, 4) is 0 Å². The van der Waals surface area contributed by atoms with Gasteiger partial charge in [-0.2, -0.15) is 5.10 Å². The lowest BCUT2D eigenvalue weighted by Crippen LogP contribution is -2.48. The van der Waals surface area contributed by atoms with Crippen LogP contribution in [-0.2, 0) is 6.54 Å². The minimum atomic E-state index is 0.550. The molecule has 0 unspecified atom stereocenters. The molecule has 1 aromatic heterocycles. The maximum Gasteiger partial charge on any atom is 0.0776 e. The normalized spacial score (nSPS) is 18.9. The topological polar surface area (TPSA) is 47.1 Å². The molecule has 2 N–H and O–H groups in total. The Morgan fingerprint density at radius 3 is 3.00 bits per heavy atom. The fourth-order valence-corrected chi connectivity index (χ4v) is 1.79. The molecule has 1 aliphatic rings. The number of likely N-dealkylation sites (N-methyl/N-ethyl adjacent to an activating group) is 1. The summed E-state index contributed by atoms with van der Waals surface area (Å²) in [5, 5.41) is 4.29. The van der Waals surface area contributed by atoms with Gasteiger partial charge < -0.3 is 5.73 Å². The molecule has 0 atom stereocenters. The summed E-state index contributed by atoms with van der Waals surface area (Å²) in [5.74, 6) is 0. The first-order chi connectivity index (χ1) is 6.35. The molecular weight excluding hydrogens is 164 g/mol. The van der Waals surface area contributed by atoms with Gasteiger partial charge in [-0.15, -0.1) is 0 Å². The van der Waals surface area contributed by atoms with E-state index in [-0.39, 0.29) is 0 Å². The molecule has 2 heterocycles. The average Bonchev–Trinajstić information content (AvgIpc) is 2.50. The zero-order valence-corrected chi connectivity index (χ0v) is 7.98. The highest BCUT2D eigenvalue weighted by molar-refractivity contribution is 5.03. The number of nitrogens with two attached hydrogens (primary N) is 1. The predicted octanol–water partition coefficient (Wildman–Crippen LogP) is 0.218. The SMILES string of the molecule is CCN1CC(n2nccc2CN)C1. The minimum Gasteiger partial charge on any atom is -0.325 e. The van der Waals surface area contributed by atoms with Crippen molar-refractivity contribution in [2.24, 2.45) is 5.73 Å². The van der Waals surface area contributed by atoms with Crippen LogP contribution in [0.15, 0.2) is 12.3 Å². The van der Waals surface area contributed by atoms with Crippen molar-refractivity contribution < 1.29 is 0 Å². The lowest BCUT2D eigenvalue weighted by Gasteiger charge is -2.39. The summed E-state index contributed by atoms with van der Waals surface area (Å²) in [4.78, 5) is 2.40. The van der Waals surface area contributed by atoms with Crippen LogP contribution in [-0.4, -0.2) is 34.3 Å². The molecule has 1 fully saturated rings. The van der Waals surface area contributed by atoms with Crippen molar-refractivity contribution in [1.82, 2.24) is 14.7 Å². The first kappa shape index (κ1) is 8.72. The van der Waals surface area contributed by atoms with E-state index < -0.39 is 0 Å². The lowest BCUT2D eigenvalue weighted by atomic mass is 10.1. The van der Waals surface area contributed by atoms with E-state index in [4.69, 9.17) is 5.73 Å². The van der Waals surface area contributed by atoms with Gasteiger partial charge in [0.05, 0.1) is 11.7 Å². The first-order valence-corrected chi connectivity index (χ1v) is 4.80. The molecule has 0 amide bonds. The number of rotatable bonds is 3. The number of hydrogen-bond acceptors (Lipinski definition) is 3. The Hall–Kier alpha value is -0.870. The molecule has 2 rings (SSSR count). The first-order valence-electron chi connectivity index (χ1n) is 4.80. The molecule has 0 bridgehead atoms. The van der Waals surface area contributed by atoms with Crippen LogP contribution in [0.4, 0.5) is 0 Å². The van der Waals surface area contributed by atoms with Gasteiger partial charge in [-0.3, -0.25) is 9.58 Å². The molecule has 0 saturated carbocycles. The van der Waals surface area contributed by atoms with Gasteiger partial charge in [0.2, 0.25) is 0 Å². The predicted molar refractivity (Wildman–Crippen MR) is 51.3 cm³/mol. The maximum atomic E-state index is 5.60. The Morgan fingerprint density at radius 2 is 2.38 bits per heavy atom. The van der Waals surface area contributed by atoms with Crippen molar-refractivity contribution in [3.05, 3.63) is 18.0 Å². The van der Waals surface area contributed by atoms with Crippen molar-refractivity contribution >= 4 is 0 Å². The highest BCUT2D eigenvalue weighted by Crippen LogP contribution is 2.20. The number of aromatic nitrogens is 2. The monoisotopic (exact) mass is 180 g/mol. The van der Waals surface area contributed by atoms with Gasteiger partial charge in [-0.1, -0.05) is 6.92 Å². The number of hydrogen-bond donors (Lipinski definition) is 1. The van der Waals surface area contributed by atoms with Crippen LogP contribution < -0.4 is 5.73 Å². The summed E-state index contributed by atoms with van der Waals surface area (Å²) >= 11 is 0. The van der Waals surface area contributed by atoms with Gasteiger partial charge >= 0.3 is 0 Å². The third-order valence-electron chi connectivity index (χ3n) is 2.69. The fraction of sp³-hybridized carbons (Fsp3) is 0.667. The molecule has 0 spiro atoms. The van der Waals surface area contributed by atoms with E-state index in [1.54, 1.807) is 0 Å². The Kier molecular flexibility index (Phi) is 2.33. The Morgan fingerprint density at radius 1 is 1.62 bits per heavy atom. The lowest BCUT2D eigenvalue weighted by molar-refractivity contribution is 0.103. The molecule has 72 valence electrons. The molecule has 1 aromatic rings. The van der Waals surface area contributed by atoms with Gasteiger partial charge in [0, 0.05) is 25.8 Å². The van der Waals surface area contributed by atoms with E-state index in [1.165, 1.54) is 0 Å². The van der Waals surface area contributed by atoms with Crippen molar-refractivity contribution in [2.75, 3.05) is 19.6 Å². The van der Waals surface area contributed by atoms with E-state index >= 15 is 0 Å². The highest BCUT2D eigenvalue weighted by Gasteiger charge is 2.28. The number of nitrogens with zero attached hydrogens (tertiary/aromatic N) is 3. The quantitative estimate of drug-likeness (QED) is 0.723. The molecule has 1 aliphatic heterocycles. The maximum absolute atomic E-state index is 5.60.